The molecule has 4 N–H and O–H groups in total. The molecular weight excluding hydrogens is 1530 g/mol. The largest absolute Gasteiger partial charge is 0.472 e. The van der Waals surface area contributed by atoms with Crippen LogP contribution in [0.3, 0.4) is 0 Å². The van der Waals surface area contributed by atoms with E-state index >= 15 is 0 Å². The molecule has 0 aromatic carbocycles. The first kappa shape index (κ1) is 113. The zero-order chi connectivity index (χ0) is 86.5. The standard InChI is InChI=1S/C101H168O16P2/c1-4-7-10-13-16-19-22-25-28-31-34-37-39-41-43-44-45-46-47-48-49-50-52-54-55-58-60-63-66-69-72-75-78-81-84-87-99(104)111-90-96(102)91-113-118(107,108)114-92-97(103)93-115-119(109,110)116-95-98(117-101(106)89-86-83-80-77-74-71-68-65-62-57-36-33-30-27-24-21-18-15-12-9-6-3)94-112-100(105)88-85-82-79-76-73-70-67-64-61-59-56-53-51-42-40-38-35-32-29-26-23-20-17-14-11-8-5-2/h7-12,16-21,25-30,34-38,41-43,45-46,51,57,65,68,96-98,102-103H,4-6,13-15,22-24,31-33,39-40,44,47-50,52-56,58-64,66-67,69-95H2,1-3H3,(H,107,108)(H,109,110)/b10-7-,11-8-,12-9-,19-16-,20-17-,21-18-,28-25-,29-26-,30-27-,37-34-,38-35-,43-41-,46-45-,51-42-,57-36-,68-65-. The van der Waals surface area contributed by atoms with E-state index in [9.17, 15) is 43.5 Å². The summed E-state index contributed by atoms with van der Waals surface area (Å²) in [6.07, 6.45) is 122. The highest BCUT2D eigenvalue weighted by atomic mass is 31.2. The molecule has 0 saturated heterocycles. The van der Waals surface area contributed by atoms with Gasteiger partial charge in [0.2, 0.25) is 0 Å². The molecule has 0 saturated carbocycles. The number of hydrogen-bond acceptors (Lipinski definition) is 14. The number of esters is 3. The fraction of sp³-hybridized carbons (Fsp3) is 0.653. The molecule has 0 aromatic heterocycles. The average Bonchev–Trinajstić information content (AvgIpc) is 0.905. The van der Waals surface area contributed by atoms with Gasteiger partial charge in [0.25, 0.3) is 0 Å². The highest BCUT2D eigenvalue weighted by Gasteiger charge is 2.29. The smallest absolute Gasteiger partial charge is 0.463 e. The van der Waals surface area contributed by atoms with Crippen LogP contribution in [0.4, 0.5) is 0 Å². The van der Waals surface area contributed by atoms with Crippen LogP contribution in [0.5, 0.6) is 0 Å². The minimum atomic E-state index is -4.95. The molecule has 5 atom stereocenters. The number of hydrogen-bond donors (Lipinski definition) is 4. The van der Waals surface area contributed by atoms with Crippen molar-refractivity contribution in [2.24, 2.45) is 0 Å². The number of carbonyl (C=O) groups is 3. The number of carbonyl (C=O) groups excluding carboxylic acids is 3. The van der Waals surface area contributed by atoms with Crippen LogP contribution >= 0.6 is 15.6 Å². The van der Waals surface area contributed by atoms with Gasteiger partial charge in [0.1, 0.15) is 25.4 Å². The van der Waals surface area contributed by atoms with Crippen LogP contribution in [0.15, 0.2) is 194 Å². The lowest BCUT2D eigenvalue weighted by Crippen LogP contribution is -2.30. The highest BCUT2D eigenvalue weighted by Crippen LogP contribution is 2.45. The summed E-state index contributed by atoms with van der Waals surface area (Å²) >= 11 is 0. The molecule has 0 aliphatic carbocycles. The van der Waals surface area contributed by atoms with E-state index in [1.807, 2.05) is 0 Å². The number of unbranched alkanes of at least 4 members (excludes halogenated alkanes) is 32. The Hall–Kier alpha value is -5.61. The van der Waals surface area contributed by atoms with Gasteiger partial charge in [-0.05, 0) is 161 Å². The van der Waals surface area contributed by atoms with Crippen LogP contribution < -0.4 is 0 Å². The third-order valence-corrected chi connectivity index (χ3v) is 21.2. The molecule has 5 unspecified atom stereocenters. The third-order valence-electron chi connectivity index (χ3n) is 19.3. The van der Waals surface area contributed by atoms with Crippen LogP contribution in [0.25, 0.3) is 0 Å². The van der Waals surface area contributed by atoms with Crippen LogP contribution in [0, 0.1) is 0 Å². The summed E-state index contributed by atoms with van der Waals surface area (Å²) in [7, 11) is -9.82. The summed E-state index contributed by atoms with van der Waals surface area (Å²) in [5, 5.41) is 20.7. The molecule has 18 heteroatoms. The SMILES string of the molecule is CC/C=C\C/C=C\C/C=C\C/C=C\C/C=C\C/C=C\CCCCCCCCCCCCCCCCCCC(=O)OCC(O)COP(=O)(O)OCC(O)COP(=O)(O)OCC(COC(=O)CCCCCCCCCCCCC/C=C\C/C=C\C/C=C\C/C=C\C/C=C\CC)OC(=O)CCCCCCC/C=C\C/C=C\C/C=C\C/C=C\C/C=C\CC. The molecule has 0 bridgehead atoms. The molecular formula is C101H168O16P2. The second kappa shape index (κ2) is 91.6. The molecule has 16 nitrogen and oxygen atoms in total. The van der Waals surface area contributed by atoms with Crippen molar-refractivity contribution in [3.63, 3.8) is 0 Å². The van der Waals surface area contributed by atoms with Crippen molar-refractivity contribution in [2.75, 3.05) is 39.6 Å². The summed E-state index contributed by atoms with van der Waals surface area (Å²) < 4.78 is 61.5. The number of aliphatic hydroxyl groups excluding tert-OH is 2. The van der Waals surface area contributed by atoms with Gasteiger partial charge in [-0.25, -0.2) is 9.13 Å². The zero-order valence-electron chi connectivity index (χ0n) is 74.7. The molecule has 678 valence electrons. The average molecular weight is 1700 g/mol. The molecule has 0 heterocycles. The maximum Gasteiger partial charge on any atom is 0.472 e. The van der Waals surface area contributed by atoms with Gasteiger partial charge >= 0.3 is 33.6 Å². The molecule has 119 heavy (non-hydrogen) atoms. The number of phosphoric ester groups is 2. The van der Waals surface area contributed by atoms with Gasteiger partial charge in [0.15, 0.2) is 6.10 Å². The van der Waals surface area contributed by atoms with Gasteiger partial charge in [0, 0.05) is 19.3 Å². The number of aliphatic hydroxyl groups is 2. The monoisotopic (exact) mass is 1700 g/mol. The zero-order valence-corrected chi connectivity index (χ0v) is 76.5. The van der Waals surface area contributed by atoms with Crippen LogP contribution in [0.1, 0.15) is 367 Å². The van der Waals surface area contributed by atoms with Crippen molar-refractivity contribution >= 4 is 33.6 Å². The first-order chi connectivity index (χ1) is 58.2. The maximum absolute atomic E-state index is 13.1. The highest BCUT2D eigenvalue weighted by molar-refractivity contribution is 7.47. The van der Waals surface area contributed by atoms with Crippen molar-refractivity contribution in [2.45, 2.75) is 386 Å². The fourth-order valence-corrected chi connectivity index (χ4v) is 13.9. The van der Waals surface area contributed by atoms with Gasteiger partial charge in [-0.15, -0.1) is 0 Å². The normalized spacial score (nSPS) is 14.6. The fourth-order valence-electron chi connectivity index (χ4n) is 12.3. The van der Waals surface area contributed by atoms with Crippen molar-refractivity contribution < 1.29 is 75.8 Å². The van der Waals surface area contributed by atoms with Gasteiger partial charge in [0.05, 0.1) is 26.4 Å². The van der Waals surface area contributed by atoms with Crippen LogP contribution in [0.2, 0.25) is 0 Å². The Morgan fingerprint density at radius 3 is 0.664 bits per heavy atom. The Labute approximate surface area is 725 Å². The van der Waals surface area contributed by atoms with Gasteiger partial charge in [-0.3, -0.25) is 32.5 Å². The number of rotatable bonds is 87. The van der Waals surface area contributed by atoms with Gasteiger partial charge < -0.3 is 34.2 Å². The minimum Gasteiger partial charge on any atom is -0.463 e. The second-order valence-corrected chi connectivity index (χ2v) is 33.6. The lowest BCUT2D eigenvalue weighted by molar-refractivity contribution is -0.161. The number of ether oxygens (including phenoxy) is 3. The lowest BCUT2D eigenvalue weighted by Gasteiger charge is -2.21. The summed E-state index contributed by atoms with van der Waals surface area (Å²) in [6, 6.07) is 0. The van der Waals surface area contributed by atoms with Gasteiger partial charge in [-0.2, -0.15) is 0 Å². The topological polar surface area (TPSA) is 231 Å². The molecule has 0 aliphatic heterocycles. The van der Waals surface area contributed by atoms with Crippen molar-refractivity contribution in [3.05, 3.63) is 194 Å². The Morgan fingerprint density at radius 1 is 0.235 bits per heavy atom. The second-order valence-electron chi connectivity index (χ2n) is 30.7. The predicted molar refractivity (Wildman–Crippen MR) is 500 cm³/mol. The minimum absolute atomic E-state index is 0.0762. The van der Waals surface area contributed by atoms with E-state index in [0.29, 0.717) is 19.3 Å². The van der Waals surface area contributed by atoms with E-state index < -0.39 is 91.5 Å². The number of allylic oxidation sites excluding steroid dienone is 32. The van der Waals surface area contributed by atoms with Gasteiger partial charge in [-0.1, -0.05) is 382 Å². The molecule has 0 fully saturated rings. The first-order valence-electron chi connectivity index (χ1n) is 46.7. The Kier molecular flexibility index (Phi) is 87.3. The molecule has 0 rings (SSSR count). The van der Waals surface area contributed by atoms with Crippen LogP contribution in [-0.4, -0.2) is 95.9 Å². The van der Waals surface area contributed by atoms with Crippen molar-refractivity contribution in [1.82, 2.24) is 0 Å². The quantitative estimate of drug-likeness (QED) is 0.0146. The Bertz CT molecular complexity index is 2940. The molecule has 0 aliphatic rings. The summed E-state index contributed by atoms with van der Waals surface area (Å²) in [4.78, 5) is 59.0. The predicted octanol–water partition coefficient (Wildman–Crippen LogP) is 29.0. The Balaban J connectivity index is 4.56. The molecule has 0 spiro atoms. The number of phosphoric acid groups is 2. The first-order valence-corrected chi connectivity index (χ1v) is 49.7. The van der Waals surface area contributed by atoms with E-state index in [4.69, 9.17) is 32.3 Å². The van der Waals surface area contributed by atoms with E-state index in [0.717, 1.165) is 186 Å². The molecule has 0 radical (unpaired) electrons. The summed E-state index contributed by atoms with van der Waals surface area (Å²) in [5.74, 6) is -1.60. The maximum atomic E-state index is 13.1. The summed E-state index contributed by atoms with van der Waals surface area (Å²) in [6.45, 7) is 2.35. The van der Waals surface area contributed by atoms with E-state index in [-0.39, 0.29) is 19.3 Å². The van der Waals surface area contributed by atoms with Crippen molar-refractivity contribution in [3.8, 4) is 0 Å². The van der Waals surface area contributed by atoms with Crippen LogP contribution in [-0.2, 0) is 55.8 Å². The van der Waals surface area contributed by atoms with E-state index in [2.05, 4.69) is 215 Å². The summed E-state index contributed by atoms with van der Waals surface area (Å²) in [5.41, 5.74) is 0. The van der Waals surface area contributed by atoms with E-state index in [1.54, 1.807) is 0 Å². The Morgan fingerprint density at radius 2 is 0.420 bits per heavy atom. The lowest BCUT2D eigenvalue weighted by atomic mass is 10.0. The molecule has 0 amide bonds. The third kappa shape index (κ3) is 92.9. The van der Waals surface area contributed by atoms with E-state index in [1.165, 1.54) is 122 Å². The molecule has 0 aromatic rings. The van der Waals surface area contributed by atoms with Crippen molar-refractivity contribution in [1.29, 1.82) is 0 Å².